The van der Waals surface area contributed by atoms with E-state index in [2.05, 4.69) is 19.2 Å². The van der Waals surface area contributed by atoms with Crippen molar-refractivity contribution < 1.29 is 4.21 Å². The van der Waals surface area contributed by atoms with Gasteiger partial charge < -0.3 is 5.32 Å². The van der Waals surface area contributed by atoms with Crippen molar-refractivity contribution >= 4 is 10.8 Å². The van der Waals surface area contributed by atoms with Gasteiger partial charge in [0.05, 0.1) is 0 Å². The van der Waals surface area contributed by atoms with Gasteiger partial charge in [0.1, 0.15) is 0 Å². The fourth-order valence-electron chi connectivity index (χ4n) is 1.30. The molecule has 0 aliphatic heterocycles. The van der Waals surface area contributed by atoms with E-state index in [0.717, 1.165) is 18.0 Å². The maximum Gasteiger partial charge on any atom is 0.0498 e. The molecule has 1 N–H and O–H groups in total. The number of nitrogens with one attached hydrogen (secondary N) is 1. The Hall–Kier alpha value is -0.670. The highest BCUT2D eigenvalue weighted by atomic mass is 32.2. The first-order chi connectivity index (χ1) is 7.09. The van der Waals surface area contributed by atoms with Gasteiger partial charge in [-0.3, -0.25) is 4.21 Å². The summed E-state index contributed by atoms with van der Waals surface area (Å²) in [6.07, 6.45) is 1.70. The summed E-state index contributed by atoms with van der Waals surface area (Å²) < 4.78 is 11.2. The number of hydrogen-bond donors (Lipinski definition) is 1. The minimum absolute atomic E-state index is 0.674. The molecule has 0 aromatic heterocycles. The predicted octanol–water partition coefficient (Wildman–Crippen LogP) is 2.17. The van der Waals surface area contributed by atoms with Gasteiger partial charge in [0, 0.05) is 28.5 Å². The Balaban J connectivity index is 2.46. The lowest BCUT2D eigenvalue weighted by atomic mass is 10.2. The second-order valence-electron chi connectivity index (χ2n) is 4.12. The molecule has 15 heavy (non-hydrogen) atoms. The third kappa shape index (κ3) is 4.58. The molecule has 0 bridgehead atoms. The van der Waals surface area contributed by atoms with Crippen LogP contribution < -0.4 is 5.32 Å². The molecular formula is C12H19NOS. The van der Waals surface area contributed by atoms with Crippen LogP contribution in [0, 0.1) is 5.92 Å². The van der Waals surface area contributed by atoms with E-state index < -0.39 is 10.8 Å². The highest BCUT2D eigenvalue weighted by Crippen LogP contribution is 2.07. The molecule has 0 aliphatic rings. The van der Waals surface area contributed by atoms with Crippen LogP contribution in [0.5, 0.6) is 0 Å². The Morgan fingerprint density at radius 2 is 1.87 bits per heavy atom. The van der Waals surface area contributed by atoms with Gasteiger partial charge in [-0.1, -0.05) is 26.0 Å². The van der Waals surface area contributed by atoms with Crippen LogP contribution in [-0.2, 0) is 17.3 Å². The first-order valence-corrected chi connectivity index (χ1v) is 6.78. The third-order valence-corrected chi connectivity index (χ3v) is 3.07. The van der Waals surface area contributed by atoms with Gasteiger partial charge in [-0.25, -0.2) is 0 Å². The van der Waals surface area contributed by atoms with Crippen LogP contribution in [0.25, 0.3) is 0 Å². The van der Waals surface area contributed by atoms with Crippen LogP contribution >= 0.6 is 0 Å². The quantitative estimate of drug-likeness (QED) is 0.832. The molecule has 0 radical (unpaired) electrons. The lowest BCUT2D eigenvalue weighted by Gasteiger charge is -2.07. The van der Waals surface area contributed by atoms with Gasteiger partial charge in [0.15, 0.2) is 0 Å². The standard InChI is InChI=1S/C12H19NOS/c1-10(2)8-13-9-11-4-6-12(7-5-11)15(3)14/h4-7,10,13H,8-9H2,1-3H3. The maximum atomic E-state index is 11.2. The summed E-state index contributed by atoms with van der Waals surface area (Å²) in [5.74, 6) is 0.674. The van der Waals surface area contributed by atoms with Crippen LogP contribution in [0.1, 0.15) is 19.4 Å². The van der Waals surface area contributed by atoms with Crippen LogP contribution in [0.15, 0.2) is 29.2 Å². The van der Waals surface area contributed by atoms with Gasteiger partial charge in [-0.15, -0.1) is 0 Å². The summed E-state index contributed by atoms with van der Waals surface area (Å²) in [4.78, 5) is 0.891. The Labute approximate surface area is 94.5 Å². The van der Waals surface area contributed by atoms with Gasteiger partial charge in [0.25, 0.3) is 0 Å². The molecular weight excluding hydrogens is 206 g/mol. The Kier molecular flexibility index (Phi) is 4.99. The zero-order valence-electron chi connectivity index (χ0n) is 9.62. The average Bonchev–Trinajstić information content (AvgIpc) is 2.18. The molecule has 84 valence electrons. The van der Waals surface area contributed by atoms with Crippen molar-refractivity contribution in [3.05, 3.63) is 29.8 Å². The molecule has 3 heteroatoms. The molecule has 2 nitrogen and oxygen atoms in total. The number of hydrogen-bond acceptors (Lipinski definition) is 2. The van der Waals surface area contributed by atoms with E-state index in [-0.39, 0.29) is 0 Å². The molecule has 0 spiro atoms. The van der Waals surface area contributed by atoms with Crippen molar-refractivity contribution in [3.8, 4) is 0 Å². The van der Waals surface area contributed by atoms with Crippen LogP contribution in [0.4, 0.5) is 0 Å². The molecule has 1 atom stereocenters. The van der Waals surface area contributed by atoms with Crippen molar-refractivity contribution in [1.82, 2.24) is 5.32 Å². The zero-order chi connectivity index (χ0) is 11.3. The Bertz CT molecular complexity index is 319. The minimum Gasteiger partial charge on any atom is -0.312 e. The van der Waals surface area contributed by atoms with E-state index >= 15 is 0 Å². The lowest BCUT2D eigenvalue weighted by Crippen LogP contribution is -2.18. The highest BCUT2D eigenvalue weighted by molar-refractivity contribution is 7.84. The van der Waals surface area contributed by atoms with Gasteiger partial charge in [0.2, 0.25) is 0 Å². The Morgan fingerprint density at radius 1 is 1.27 bits per heavy atom. The molecule has 1 rings (SSSR count). The van der Waals surface area contributed by atoms with Crippen LogP contribution in [-0.4, -0.2) is 17.0 Å². The van der Waals surface area contributed by atoms with E-state index in [1.165, 1.54) is 5.56 Å². The molecule has 0 saturated carbocycles. The van der Waals surface area contributed by atoms with Crippen molar-refractivity contribution in [2.45, 2.75) is 25.3 Å². The third-order valence-electron chi connectivity index (χ3n) is 2.14. The molecule has 0 aliphatic carbocycles. The van der Waals surface area contributed by atoms with E-state index in [9.17, 15) is 4.21 Å². The molecule has 0 fully saturated rings. The largest absolute Gasteiger partial charge is 0.312 e. The Morgan fingerprint density at radius 3 is 2.33 bits per heavy atom. The van der Waals surface area contributed by atoms with Crippen molar-refractivity contribution in [2.24, 2.45) is 5.92 Å². The number of benzene rings is 1. The second kappa shape index (κ2) is 6.03. The fraction of sp³-hybridized carbons (Fsp3) is 0.500. The van der Waals surface area contributed by atoms with Crippen molar-refractivity contribution in [2.75, 3.05) is 12.8 Å². The van der Waals surface area contributed by atoms with Crippen molar-refractivity contribution in [1.29, 1.82) is 0 Å². The molecule has 1 unspecified atom stereocenters. The predicted molar refractivity (Wildman–Crippen MR) is 65.3 cm³/mol. The topological polar surface area (TPSA) is 29.1 Å². The summed E-state index contributed by atoms with van der Waals surface area (Å²) in [5, 5.41) is 3.37. The normalized spacial score (nSPS) is 13.1. The molecule has 1 aromatic rings. The minimum atomic E-state index is -0.871. The smallest absolute Gasteiger partial charge is 0.0498 e. The molecule has 0 saturated heterocycles. The van der Waals surface area contributed by atoms with Gasteiger partial charge in [-0.05, 0) is 30.2 Å². The first-order valence-electron chi connectivity index (χ1n) is 5.22. The van der Waals surface area contributed by atoms with Gasteiger partial charge >= 0.3 is 0 Å². The van der Waals surface area contributed by atoms with E-state index in [1.54, 1.807) is 6.26 Å². The maximum absolute atomic E-state index is 11.2. The summed E-state index contributed by atoms with van der Waals surface area (Å²) in [6, 6.07) is 7.93. The summed E-state index contributed by atoms with van der Waals surface area (Å²) in [5.41, 5.74) is 1.24. The molecule has 0 amide bonds. The molecule has 1 aromatic carbocycles. The lowest BCUT2D eigenvalue weighted by molar-refractivity contribution is 0.552. The number of rotatable bonds is 5. The zero-order valence-corrected chi connectivity index (χ0v) is 10.4. The first kappa shape index (κ1) is 12.4. The van der Waals surface area contributed by atoms with E-state index in [0.29, 0.717) is 5.92 Å². The van der Waals surface area contributed by atoms with Crippen LogP contribution in [0.3, 0.4) is 0 Å². The van der Waals surface area contributed by atoms with Gasteiger partial charge in [-0.2, -0.15) is 0 Å². The summed E-state index contributed by atoms with van der Waals surface area (Å²) in [7, 11) is -0.871. The second-order valence-corrected chi connectivity index (χ2v) is 5.50. The summed E-state index contributed by atoms with van der Waals surface area (Å²) in [6.45, 7) is 6.29. The SMILES string of the molecule is CC(C)CNCc1ccc(S(C)=O)cc1. The van der Waals surface area contributed by atoms with Crippen LogP contribution in [0.2, 0.25) is 0 Å². The molecule has 0 heterocycles. The van der Waals surface area contributed by atoms with E-state index in [1.807, 2.05) is 24.3 Å². The monoisotopic (exact) mass is 225 g/mol. The fourth-order valence-corrected chi connectivity index (χ4v) is 1.82. The van der Waals surface area contributed by atoms with E-state index in [4.69, 9.17) is 0 Å². The van der Waals surface area contributed by atoms with Crippen molar-refractivity contribution in [3.63, 3.8) is 0 Å². The average molecular weight is 225 g/mol. The highest BCUT2D eigenvalue weighted by Gasteiger charge is 1.98. The summed E-state index contributed by atoms with van der Waals surface area (Å²) >= 11 is 0.